The van der Waals surface area contributed by atoms with Crippen molar-refractivity contribution in [1.82, 2.24) is 0 Å². The van der Waals surface area contributed by atoms with Gasteiger partial charge >= 0.3 is 48.9 Å². The van der Waals surface area contributed by atoms with E-state index in [2.05, 4.69) is 4.74 Å². The molecule has 0 aliphatic rings. The molecule has 0 aliphatic heterocycles. The van der Waals surface area contributed by atoms with E-state index in [9.17, 15) is 19.3 Å². The molecule has 0 spiro atoms. The van der Waals surface area contributed by atoms with Gasteiger partial charge in [-0.3, -0.25) is 4.79 Å². The number of rotatable bonds is 8. The molecule has 7 heteroatoms. The minimum absolute atomic E-state index is 0. The van der Waals surface area contributed by atoms with Crippen LogP contribution in [-0.4, -0.2) is 29.6 Å². The normalized spacial score (nSPS) is 12.3. The molecule has 0 aliphatic carbocycles. The number of aliphatic hydroxyl groups is 1. The van der Waals surface area contributed by atoms with Gasteiger partial charge in [-0.15, -0.1) is 0 Å². The molecule has 17 heavy (non-hydrogen) atoms. The summed E-state index contributed by atoms with van der Waals surface area (Å²) in [5.41, 5.74) is -0.566. The Labute approximate surface area is 126 Å². The Morgan fingerprint density at radius 1 is 1.41 bits per heavy atom. The zero-order chi connectivity index (χ0) is 12.6. The maximum Gasteiger partial charge on any atom is 1.00 e. The van der Waals surface area contributed by atoms with Gasteiger partial charge in [0.05, 0.1) is 20.0 Å². The number of carbonyl (C=O) groups excluding carboxylic acids is 2. The summed E-state index contributed by atoms with van der Waals surface area (Å²) in [7, 11) is -1.07. The van der Waals surface area contributed by atoms with Crippen LogP contribution in [0.2, 0.25) is 0 Å². The number of carbonyl (C=O) groups is 2. The van der Waals surface area contributed by atoms with Crippen molar-refractivity contribution in [3.63, 3.8) is 0 Å². The maximum absolute atomic E-state index is 11.4. The second-order valence-corrected chi connectivity index (χ2v) is 5.16. The number of hydrogen-bond donors (Lipinski definition) is 1. The van der Waals surface area contributed by atoms with E-state index in [-0.39, 0.29) is 43.8 Å². The first-order chi connectivity index (χ1) is 7.52. The molecule has 1 N–H and O–H groups in total. The molecule has 0 amide bonds. The first kappa shape index (κ1) is 19.5. The molecular weight excluding hydrogens is 254 g/mol. The fourth-order valence-electron chi connectivity index (χ4n) is 1.09. The van der Waals surface area contributed by atoms with Gasteiger partial charge in [0, 0.05) is 6.42 Å². The van der Waals surface area contributed by atoms with Crippen LogP contribution < -0.4 is 29.6 Å². The summed E-state index contributed by atoms with van der Waals surface area (Å²) < 4.78 is 15.8. The van der Waals surface area contributed by atoms with E-state index in [1.54, 1.807) is 0 Å². The number of hydrogen-bond acceptors (Lipinski definition) is 5. The summed E-state index contributed by atoms with van der Waals surface area (Å²) >= 11 is 0. The van der Waals surface area contributed by atoms with Crippen molar-refractivity contribution in [1.29, 1.82) is 0 Å². The number of unbranched alkanes of at least 4 members (excludes halogenated alkanes) is 1. The molecule has 0 saturated heterocycles. The summed E-state index contributed by atoms with van der Waals surface area (Å²) in [4.78, 5) is 22.1. The van der Waals surface area contributed by atoms with Crippen LogP contribution in [0.4, 0.5) is 0 Å². The number of esters is 1. The van der Waals surface area contributed by atoms with E-state index in [1.165, 1.54) is 7.11 Å². The third-order valence-corrected chi connectivity index (χ3v) is 3.62. The predicted molar refractivity (Wildman–Crippen MR) is 60.5 cm³/mol. The summed E-state index contributed by atoms with van der Waals surface area (Å²) in [6, 6.07) is 0. The second kappa shape index (κ2) is 11.3. The van der Waals surface area contributed by atoms with Crippen molar-refractivity contribution < 1.29 is 55.0 Å². The van der Waals surface area contributed by atoms with Gasteiger partial charge in [0.15, 0.2) is 0 Å². The van der Waals surface area contributed by atoms with Crippen LogP contribution in [0.1, 0.15) is 40.5 Å². The van der Waals surface area contributed by atoms with Gasteiger partial charge in [-0.05, 0) is 6.42 Å². The molecule has 2 atom stereocenters. The Morgan fingerprint density at radius 2 is 2.00 bits per heavy atom. The molecule has 0 fully saturated rings. The van der Waals surface area contributed by atoms with Gasteiger partial charge in [0.2, 0.25) is 0 Å². The quantitative estimate of drug-likeness (QED) is 0.345. The molecule has 0 heterocycles. The van der Waals surface area contributed by atoms with Crippen molar-refractivity contribution in [2.75, 3.05) is 7.11 Å². The Balaban J connectivity index is -0.00000112. The maximum atomic E-state index is 11.4. The van der Waals surface area contributed by atoms with E-state index in [1.807, 2.05) is 6.92 Å². The Hall–Kier alpha value is 0.200. The first-order valence-corrected chi connectivity index (χ1v) is 6.59. The first-order valence-electron chi connectivity index (χ1n) is 5.27. The zero-order valence-corrected chi connectivity index (χ0v) is 13.5. The number of methoxy groups -OCH3 is 1. The Morgan fingerprint density at radius 3 is 2.47 bits per heavy atom. The van der Waals surface area contributed by atoms with Gasteiger partial charge in [-0.25, -0.2) is 4.79 Å². The molecule has 0 radical (unpaired) electrons. The molecule has 0 aromatic heterocycles. The summed E-state index contributed by atoms with van der Waals surface area (Å²) in [5, 5.41) is 9.42. The molecule has 94 valence electrons. The van der Waals surface area contributed by atoms with E-state index in [0.29, 0.717) is 6.42 Å². The third kappa shape index (κ3) is 8.86. The summed E-state index contributed by atoms with van der Waals surface area (Å²) in [5.74, 6) is -1.60. The van der Waals surface area contributed by atoms with Crippen molar-refractivity contribution >= 4 is 19.3 Å². The van der Waals surface area contributed by atoms with Crippen molar-refractivity contribution in [2.24, 2.45) is 0 Å². The summed E-state index contributed by atoms with van der Waals surface area (Å²) in [6.07, 6.45) is 1.74. The monoisotopic (exact) mass is 273 g/mol. The van der Waals surface area contributed by atoms with Crippen LogP contribution in [0.25, 0.3) is 0 Å². The van der Waals surface area contributed by atoms with E-state index in [4.69, 9.17) is 0 Å². The van der Waals surface area contributed by atoms with Crippen molar-refractivity contribution in [2.45, 2.75) is 44.9 Å². The fraction of sp³-hybridized carbons (Fsp3) is 0.800. The molecule has 0 bridgehead atoms. The number of ether oxygens (including phenoxy) is 1. The standard InChI is InChI=1S/C10H18O5P.Na.H/c1-3-4-5-9(12)16(14)10(13)7-6-8(11)15-2;;/h9,12H,3-7H2,1-2H3;;/q2*+1;-1. The minimum atomic E-state index is -2.29. The topological polar surface area (TPSA) is 80.7 Å². The van der Waals surface area contributed by atoms with Crippen LogP contribution in [0, 0.1) is 0 Å². The minimum Gasteiger partial charge on any atom is -1.00 e. The van der Waals surface area contributed by atoms with Crippen LogP contribution in [-0.2, 0) is 18.9 Å². The SMILES string of the molecule is CCCCC(O)[P+](=O)C(=O)CCC(=O)OC.[H-].[Na+]. The fourth-order valence-corrected chi connectivity index (χ4v) is 2.17. The van der Waals surface area contributed by atoms with Crippen molar-refractivity contribution in [3.8, 4) is 0 Å². The van der Waals surface area contributed by atoms with Crippen LogP contribution in [0.5, 0.6) is 0 Å². The van der Waals surface area contributed by atoms with Crippen molar-refractivity contribution in [3.05, 3.63) is 0 Å². The van der Waals surface area contributed by atoms with Gasteiger partial charge in [-0.1, -0.05) is 17.9 Å². The number of aliphatic hydroxyl groups excluding tert-OH is 1. The average Bonchev–Trinajstić information content (AvgIpc) is 2.31. The predicted octanol–water partition coefficient (Wildman–Crippen LogP) is -1.08. The summed E-state index contributed by atoms with van der Waals surface area (Å²) in [6.45, 7) is 1.94. The van der Waals surface area contributed by atoms with E-state index in [0.717, 1.165) is 12.8 Å². The largest absolute Gasteiger partial charge is 1.00 e. The molecule has 0 saturated carbocycles. The van der Waals surface area contributed by atoms with Gasteiger partial charge in [0.1, 0.15) is 0 Å². The smallest absolute Gasteiger partial charge is 1.00 e. The van der Waals surface area contributed by atoms with Gasteiger partial charge in [-0.2, -0.15) is 0 Å². The molecule has 0 aromatic rings. The van der Waals surface area contributed by atoms with Crippen LogP contribution in [0.3, 0.4) is 0 Å². The average molecular weight is 273 g/mol. The molecular formula is C10H19NaO5P+. The molecule has 5 nitrogen and oxygen atoms in total. The Kier molecular flexibility index (Phi) is 13.0. The molecule has 2 unspecified atom stereocenters. The second-order valence-electron chi connectivity index (χ2n) is 3.42. The Bertz CT molecular complexity index is 275. The van der Waals surface area contributed by atoms with Gasteiger partial charge < -0.3 is 11.3 Å². The van der Waals surface area contributed by atoms with Crippen LogP contribution in [0.15, 0.2) is 0 Å². The third-order valence-electron chi connectivity index (χ3n) is 2.10. The van der Waals surface area contributed by atoms with E-state index < -0.39 is 25.1 Å². The molecule has 0 aromatic carbocycles. The van der Waals surface area contributed by atoms with Gasteiger partial charge in [0.25, 0.3) is 5.85 Å². The van der Waals surface area contributed by atoms with E-state index >= 15 is 0 Å². The molecule has 0 rings (SSSR count). The van der Waals surface area contributed by atoms with Crippen LogP contribution >= 0.6 is 7.80 Å². The zero-order valence-electron chi connectivity index (χ0n) is 11.6.